The number of para-hydroxylation sites is 1. The summed E-state index contributed by atoms with van der Waals surface area (Å²) in [4.78, 5) is 19.6. The van der Waals surface area contributed by atoms with Gasteiger partial charge in [-0.2, -0.15) is 26.3 Å². The van der Waals surface area contributed by atoms with Gasteiger partial charge < -0.3 is 10.5 Å². The molecule has 1 aromatic carbocycles. The van der Waals surface area contributed by atoms with Crippen LogP contribution in [-0.4, -0.2) is 31.1 Å². The van der Waals surface area contributed by atoms with Gasteiger partial charge in [0.25, 0.3) is 6.33 Å². The number of nitrogens with one attached hydrogen (secondary N) is 1. The van der Waals surface area contributed by atoms with Gasteiger partial charge in [0.15, 0.2) is 18.1 Å². The first-order valence-corrected chi connectivity index (χ1v) is 10.5. The lowest BCUT2D eigenvalue weighted by atomic mass is 9.97. The first kappa shape index (κ1) is 24.1. The molecule has 0 radical (unpaired) electrons. The molecule has 0 bridgehead atoms. The van der Waals surface area contributed by atoms with Gasteiger partial charge in [-0.05, 0) is 24.3 Å². The van der Waals surface area contributed by atoms with Gasteiger partial charge >= 0.3 is 12.4 Å². The van der Waals surface area contributed by atoms with Gasteiger partial charge in [0.1, 0.15) is 18.0 Å². The second-order valence-corrected chi connectivity index (χ2v) is 7.85. The first-order chi connectivity index (χ1) is 17.5. The molecule has 37 heavy (non-hydrogen) atoms. The third-order valence-electron chi connectivity index (χ3n) is 5.43. The molecule has 0 aliphatic carbocycles. The molecule has 4 aromatic heterocycles. The van der Waals surface area contributed by atoms with Gasteiger partial charge in [0, 0.05) is 17.1 Å². The first-order valence-electron chi connectivity index (χ1n) is 10.5. The number of hydrogen-bond donors (Lipinski definition) is 1. The molecule has 0 saturated heterocycles. The van der Waals surface area contributed by atoms with Crippen molar-refractivity contribution in [2.75, 3.05) is 5.32 Å². The summed E-state index contributed by atoms with van der Waals surface area (Å²) in [7, 11) is 0. The molecule has 5 aromatic rings. The largest absolute Gasteiger partial charge is 0.711 e. The minimum atomic E-state index is -4.98. The Bertz CT molecular complexity index is 1620. The van der Waals surface area contributed by atoms with Crippen LogP contribution in [0.15, 0.2) is 67.6 Å². The fourth-order valence-electron chi connectivity index (χ4n) is 3.87. The Labute approximate surface area is 203 Å². The van der Waals surface area contributed by atoms with E-state index < -0.39 is 40.7 Å². The van der Waals surface area contributed by atoms with Crippen molar-refractivity contribution in [3.8, 4) is 11.3 Å². The van der Waals surface area contributed by atoms with Crippen LogP contribution < -0.4 is 10.0 Å². The van der Waals surface area contributed by atoms with Crippen molar-refractivity contribution in [2.45, 2.75) is 18.4 Å². The highest BCUT2D eigenvalue weighted by Gasteiger charge is 2.44. The lowest BCUT2D eigenvalue weighted by Crippen LogP contribution is -2.30. The van der Waals surface area contributed by atoms with Crippen molar-refractivity contribution in [1.29, 1.82) is 0 Å². The molecule has 5 rings (SSSR count). The molecule has 0 aliphatic rings. The van der Waals surface area contributed by atoms with E-state index >= 15 is 0 Å². The number of pyridine rings is 2. The Kier molecular flexibility index (Phi) is 5.73. The SMILES string of the molecule is [O-][n+]1cncc(-c2nc3c(C(F)(F)F)cccc3cc2[C@@H](Nc2ncnc3cccnc23)C(F)(F)F)c1. The molecule has 8 nitrogen and oxygen atoms in total. The molecule has 14 heteroatoms. The molecule has 0 spiro atoms. The van der Waals surface area contributed by atoms with Gasteiger partial charge in [-0.15, -0.1) is 0 Å². The van der Waals surface area contributed by atoms with Crippen LogP contribution in [0.1, 0.15) is 17.2 Å². The minimum absolute atomic E-state index is 0.0488. The molecular formula is C23H13F6N7O. The number of benzene rings is 1. The van der Waals surface area contributed by atoms with Crippen LogP contribution in [0.4, 0.5) is 32.2 Å². The molecule has 1 atom stereocenters. The highest BCUT2D eigenvalue weighted by Crippen LogP contribution is 2.42. The molecule has 0 fully saturated rings. The van der Waals surface area contributed by atoms with Crippen LogP contribution in [0.5, 0.6) is 0 Å². The summed E-state index contributed by atoms with van der Waals surface area (Å²) in [6, 6.07) is 4.59. The van der Waals surface area contributed by atoms with Crippen LogP contribution >= 0.6 is 0 Å². The Morgan fingerprint density at radius 3 is 2.49 bits per heavy atom. The maximum atomic E-state index is 14.5. The Balaban J connectivity index is 1.78. The average molecular weight is 517 g/mol. The van der Waals surface area contributed by atoms with Crippen LogP contribution in [0.25, 0.3) is 33.2 Å². The van der Waals surface area contributed by atoms with Crippen molar-refractivity contribution < 1.29 is 31.1 Å². The lowest BCUT2D eigenvalue weighted by Gasteiger charge is -2.25. The second kappa shape index (κ2) is 8.80. The Hall–Kier alpha value is -4.62. The maximum Gasteiger partial charge on any atom is 0.418 e. The van der Waals surface area contributed by atoms with E-state index in [0.29, 0.717) is 0 Å². The molecular weight excluding hydrogens is 504 g/mol. The quantitative estimate of drug-likeness (QED) is 0.203. The van der Waals surface area contributed by atoms with E-state index in [2.05, 4.69) is 30.2 Å². The maximum absolute atomic E-state index is 14.5. The molecule has 188 valence electrons. The van der Waals surface area contributed by atoms with Gasteiger partial charge in [-0.3, -0.25) is 4.98 Å². The summed E-state index contributed by atoms with van der Waals surface area (Å²) in [5, 5.41) is 14.0. The molecule has 0 amide bonds. The summed E-state index contributed by atoms with van der Waals surface area (Å²) >= 11 is 0. The van der Waals surface area contributed by atoms with Gasteiger partial charge in [0.2, 0.25) is 0 Å². The second-order valence-electron chi connectivity index (χ2n) is 7.85. The minimum Gasteiger partial charge on any atom is -0.711 e. The van der Waals surface area contributed by atoms with E-state index in [4.69, 9.17) is 0 Å². The third kappa shape index (κ3) is 4.64. The fourth-order valence-corrected chi connectivity index (χ4v) is 3.87. The zero-order valence-electron chi connectivity index (χ0n) is 18.3. The van der Waals surface area contributed by atoms with Crippen molar-refractivity contribution in [1.82, 2.24) is 24.9 Å². The standard InChI is InChI=1S/C23H13F6N7O/c24-22(25,26)15-4-1-3-12-7-14(17(34-18(12)15)13-8-30-11-36(37)9-13)20(23(27,28)29)35-21-19-16(32-10-33-21)5-2-6-31-19/h1-11,20H,(H,32,33,35)/t20-/m1/s1. The van der Waals surface area contributed by atoms with Crippen molar-refractivity contribution in [2.24, 2.45) is 0 Å². The Morgan fingerprint density at radius 2 is 1.76 bits per heavy atom. The highest BCUT2D eigenvalue weighted by atomic mass is 19.4. The lowest BCUT2D eigenvalue weighted by molar-refractivity contribution is -0.608. The summed E-state index contributed by atoms with van der Waals surface area (Å²) < 4.78 is 84.8. The zero-order chi connectivity index (χ0) is 26.4. The molecule has 1 N–H and O–H groups in total. The van der Waals surface area contributed by atoms with E-state index in [0.717, 1.165) is 43.2 Å². The number of aromatic nitrogens is 6. The molecule has 0 saturated carbocycles. The molecule has 0 unspecified atom stereocenters. The fraction of sp³-hybridized carbons (Fsp3) is 0.130. The summed E-state index contributed by atoms with van der Waals surface area (Å²) in [5.74, 6) is -0.256. The number of rotatable bonds is 4. The monoisotopic (exact) mass is 517 g/mol. The van der Waals surface area contributed by atoms with Crippen molar-refractivity contribution in [3.63, 3.8) is 0 Å². The third-order valence-corrected chi connectivity index (χ3v) is 5.43. The van der Waals surface area contributed by atoms with Crippen molar-refractivity contribution in [3.05, 3.63) is 84.0 Å². The smallest absolute Gasteiger partial charge is 0.418 e. The Morgan fingerprint density at radius 1 is 0.946 bits per heavy atom. The summed E-state index contributed by atoms with van der Waals surface area (Å²) in [6.45, 7) is 0. The average Bonchev–Trinajstić information content (AvgIpc) is 2.85. The van der Waals surface area contributed by atoms with Gasteiger partial charge in [0.05, 0.1) is 27.9 Å². The predicted octanol–water partition coefficient (Wildman–Crippen LogP) is 5.00. The van der Waals surface area contributed by atoms with Crippen LogP contribution in [-0.2, 0) is 6.18 Å². The van der Waals surface area contributed by atoms with Crippen LogP contribution in [0.3, 0.4) is 0 Å². The summed E-state index contributed by atoms with van der Waals surface area (Å²) in [6.07, 6.45) is -4.66. The van der Waals surface area contributed by atoms with Crippen LogP contribution in [0, 0.1) is 5.21 Å². The van der Waals surface area contributed by atoms with Gasteiger partial charge in [-0.1, -0.05) is 17.1 Å². The number of anilines is 1. The number of halogens is 6. The van der Waals surface area contributed by atoms with E-state index in [9.17, 15) is 31.5 Å². The number of hydrogen-bond acceptors (Lipinski definition) is 7. The molecule has 4 heterocycles. The summed E-state index contributed by atoms with van der Waals surface area (Å²) in [5.41, 5.74) is -2.67. The van der Waals surface area contributed by atoms with Gasteiger partial charge in [-0.25, -0.2) is 19.7 Å². The number of fused-ring (bicyclic) bond motifs is 2. The van der Waals surface area contributed by atoms with Crippen molar-refractivity contribution >= 4 is 27.8 Å². The van der Waals surface area contributed by atoms with E-state index in [1.807, 2.05) is 0 Å². The number of alkyl halides is 6. The predicted molar refractivity (Wildman–Crippen MR) is 119 cm³/mol. The zero-order valence-corrected chi connectivity index (χ0v) is 18.3. The topological polar surface area (TPSA) is 103 Å². The highest BCUT2D eigenvalue weighted by molar-refractivity contribution is 5.88. The normalized spacial score (nSPS) is 13.1. The van der Waals surface area contributed by atoms with E-state index in [-0.39, 0.29) is 32.5 Å². The van der Waals surface area contributed by atoms with Crippen LogP contribution in [0.2, 0.25) is 0 Å². The van der Waals surface area contributed by atoms with E-state index in [1.54, 1.807) is 6.07 Å². The van der Waals surface area contributed by atoms with E-state index in [1.165, 1.54) is 18.3 Å². The molecule has 0 aliphatic heterocycles. The number of nitrogens with zero attached hydrogens (tertiary/aromatic N) is 6.